The van der Waals surface area contributed by atoms with Gasteiger partial charge < -0.3 is 10.6 Å². The third-order valence-electron chi connectivity index (χ3n) is 3.60. The fourth-order valence-corrected chi connectivity index (χ4v) is 3.63. The summed E-state index contributed by atoms with van der Waals surface area (Å²) in [5.41, 5.74) is 2.01. The maximum atomic E-state index is 11.5. The van der Waals surface area contributed by atoms with Gasteiger partial charge >= 0.3 is 0 Å². The fourth-order valence-electron chi connectivity index (χ4n) is 2.13. The number of benzene rings is 1. The number of guanidine groups is 1. The second-order valence-corrected chi connectivity index (χ2v) is 9.02. The Morgan fingerprint density at radius 2 is 1.85 bits per heavy atom. The van der Waals surface area contributed by atoms with E-state index in [4.69, 9.17) is 0 Å². The lowest BCUT2D eigenvalue weighted by Crippen LogP contribution is -2.36. The minimum atomic E-state index is -3.17. The van der Waals surface area contributed by atoms with Gasteiger partial charge in [-0.15, -0.1) is 35.3 Å². The average Bonchev–Trinajstić information content (AvgIpc) is 2.88. The van der Waals surface area contributed by atoms with Crippen LogP contribution in [-0.2, 0) is 22.9 Å². The molecule has 1 aromatic carbocycles. The highest BCUT2D eigenvalue weighted by Crippen LogP contribution is 2.16. The minimum absolute atomic E-state index is 0. The number of hydrogen-bond donors (Lipinski definition) is 2. The number of thiazole rings is 1. The van der Waals surface area contributed by atoms with Crippen molar-refractivity contribution in [2.75, 3.05) is 12.8 Å². The Balaban J connectivity index is 0.00000338. The van der Waals surface area contributed by atoms with Gasteiger partial charge in [0, 0.05) is 17.7 Å². The van der Waals surface area contributed by atoms with Crippen molar-refractivity contribution in [2.24, 2.45) is 4.99 Å². The third-order valence-corrected chi connectivity index (χ3v) is 5.80. The first-order valence-corrected chi connectivity index (χ1v) is 10.7. The lowest BCUT2D eigenvalue weighted by molar-refractivity contribution is 0.602. The van der Waals surface area contributed by atoms with Crippen LogP contribution in [0.3, 0.4) is 0 Å². The standard InChI is InChI=1S/C17H24N4O2S2.HI/c1-5-18-17(20-11-16-21-12(2)13(3)24-16)19-10-14-6-8-15(9-7-14)25(4,22)23;/h6-9H,5,10-11H2,1-4H3,(H2,18,19,20);1H. The highest BCUT2D eigenvalue weighted by Gasteiger charge is 2.07. The number of rotatable bonds is 6. The molecular formula is C17H25IN4O2S2. The number of nitrogens with zero attached hydrogens (tertiary/aromatic N) is 2. The van der Waals surface area contributed by atoms with Crippen LogP contribution in [0.25, 0.3) is 0 Å². The Bertz CT molecular complexity index is 827. The van der Waals surface area contributed by atoms with E-state index >= 15 is 0 Å². The Hall–Kier alpha value is -1.20. The van der Waals surface area contributed by atoms with E-state index in [0.717, 1.165) is 22.8 Å². The molecule has 0 fully saturated rings. The summed E-state index contributed by atoms with van der Waals surface area (Å²) in [7, 11) is -3.17. The van der Waals surface area contributed by atoms with Gasteiger partial charge in [0.15, 0.2) is 15.8 Å². The van der Waals surface area contributed by atoms with Crippen LogP contribution in [-0.4, -0.2) is 32.2 Å². The van der Waals surface area contributed by atoms with E-state index < -0.39 is 9.84 Å². The van der Waals surface area contributed by atoms with Crippen LogP contribution in [0.1, 0.15) is 28.1 Å². The maximum Gasteiger partial charge on any atom is 0.191 e. The highest BCUT2D eigenvalue weighted by molar-refractivity contribution is 14.0. The van der Waals surface area contributed by atoms with E-state index in [1.165, 1.54) is 11.1 Å². The quantitative estimate of drug-likeness (QED) is 0.356. The van der Waals surface area contributed by atoms with Gasteiger partial charge in [-0.3, -0.25) is 0 Å². The van der Waals surface area contributed by atoms with E-state index in [9.17, 15) is 8.42 Å². The lowest BCUT2D eigenvalue weighted by atomic mass is 10.2. The van der Waals surface area contributed by atoms with E-state index in [-0.39, 0.29) is 24.0 Å². The molecular weight excluding hydrogens is 483 g/mol. The Morgan fingerprint density at radius 1 is 1.19 bits per heavy atom. The molecule has 0 unspecified atom stereocenters. The Kier molecular flexibility index (Phi) is 8.97. The van der Waals surface area contributed by atoms with Crippen molar-refractivity contribution in [3.63, 3.8) is 0 Å². The molecule has 0 saturated carbocycles. The fraction of sp³-hybridized carbons (Fsp3) is 0.412. The van der Waals surface area contributed by atoms with Crippen LogP contribution in [0.2, 0.25) is 0 Å². The molecule has 0 bridgehead atoms. The van der Waals surface area contributed by atoms with Gasteiger partial charge in [0.25, 0.3) is 0 Å². The Morgan fingerprint density at radius 3 is 2.35 bits per heavy atom. The summed E-state index contributed by atoms with van der Waals surface area (Å²) in [4.78, 5) is 10.6. The molecule has 0 aliphatic carbocycles. The zero-order chi connectivity index (χ0) is 18.4. The molecule has 0 radical (unpaired) electrons. The summed E-state index contributed by atoms with van der Waals surface area (Å²) in [6, 6.07) is 6.80. The molecule has 1 aromatic heterocycles. The molecule has 0 amide bonds. The molecule has 2 rings (SSSR count). The normalized spacial score (nSPS) is 11.8. The number of aliphatic imine (C=N–C) groups is 1. The molecule has 2 N–H and O–H groups in total. The first kappa shape index (κ1) is 22.8. The smallest absolute Gasteiger partial charge is 0.191 e. The SMILES string of the molecule is CCNC(=NCc1ccc(S(C)(=O)=O)cc1)NCc1nc(C)c(C)s1.I. The summed E-state index contributed by atoms with van der Waals surface area (Å²) in [5.74, 6) is 0.709. The van der Waals surface area contributed by atoms with Gasteiger partial charge in [-0.2, -0.15) is 0 Å². The molecule has 0 saturated heterocycles. The van der Waals surface area contributed by atoms with Crippen LogP contribution in [0.15, 0.2) is 34.2 Å². The molecule has 9 heteroatoms. The molecule has 144 valence electrons. The number of hydrogen-bond acceptors (Lipinski definition) is 5. The van der Waals surface area contributed by atoms with Crippen molar-refractivity contribution in [1.82, 2.24) is 15.6 Å². The molecule has 1 heterocycles. The third kappa shape index (κ3) is 6.84. The number of aryl methyl sites for hydroxylation is 2. The first-order valence-electron chi connectivity index (χ1n) is 8.03. The molecule has 2 aromatic rings. The number of sulfone groups is 1. The van der Waals surface area contributed by atoms with Gasteiger partial charge in [0.05, 0.1) is 23.7 Å². The predicted octanol–water partition coefficient (Wildman–Crippen LogP) is 3.04. The average molecular weight is 508 g/mol. The zero-order valence-corrected chi connectivity index (χ0v) is 19.3. The minimum Gasteiger partial charge on any atom is -0.357 e. The second kappa shape index (κ2) is 10.2. The monoisotopic (exact) mass is 508 g/mol. The van der Waals surface area contributed by atoms with E-state index in [0.29, 0.717) is 23.9 Å². The molecule has 6 nitrogen and oxygen atoms in total. The predicted molar refractivity (Wildman–Crippen MR) is 118 cm³/mol. The second-order valence-electron chi connectivity index (χ2n) is 5.71. The molecule has 26 heavy (non-hydrogen) atoms. The zero-order valence-electron chi connectivity index (χ0n) is 15.4. The van der Waals surface area contributed by atoms with Crippen LogP contribution in [0.4, 0.5) is 0 Å². The van der Waals surface area contributed by atoms with Gasteiger partial charge in [0.2, 0.25) is 0 Å². The lowest BCUT2D eigenvalue weighted by Gasteiger charge is -2.10. The van der Waals surface area contributed by atoms with E-state index in [1.54, 1.807) is 35.6 Å². The number of aromatic nitrogens is 1. The van der Waals surface area contributed by atoms with Crippen molar-refractivity contribution in [3.05, 3.63) is 45.4 Å². The van der Waals surface area contributed by atoms with Gasteiger partial charge in [0.1, 0.15) is 5.01 Å². The summed E-state index contributed by atoms with van der Waals surface area (Å²) in [6.07, 6.45) is 1.20. The number of nitrogens with one attached hydrogen (secondary N) is 2. The molecule has 0 aliphatic rings. The number of halogens is 1. The van der Waals surface area contributed by atoms with Crippen LogP contribution >= 0.6 is 35.3 Å². The molecule has 0 spiro atoms. The van der Waals surface area contributed by atoms with Gasteiger partial charge in [-0.1, -0.05) is 12.1 Å². The first-order chi connectivity index (χ1) is 11.8. The van der Waals surface area contributed by atoms with Crippen LogP contribution in [0.5, 0.6) is 0 Å². The Labute approximate surface area is 176 Å². The summed E-state index contributed by atoms with van der Waals surface area (Å²) >= 11 is 1.68. The largest absolute Gasteiger partial charge is 0.357 e. The summed E-state index contributed by atoms with van der Waals surface area (Å²) in [5, 5.41) is 7.50. The summed E-state index contributed by atoms with van der Waals surface area (Å²) < 4.78 is 23.0. The maximum absolute atomic E-state index is 11.5. The van der Waals surface area contributed by atoms with Crippen molar-refractivity contribution < 1.29 is 8.42 Å². The molecule has 0 atom stereocenters. The van der Waals surface area contributed by atoms with Crippen LogP contribution in [0, 0.1) is 13.8 Å². The topological polar surface area (TPSA) is 83.5 Å². The summed E-state index contributed by atoms with van der Waals surface area (Å²) in [6.45, 7) is 7.93. The van der Waals surface area contributed by atoms with Crippen molar-refractivity contribution >= 4 is 51.1 Å². The van der Waals surface area contributed by atoms with Crippen molar-refractivity contribution in [1.29, 1.82) is 0 Å². The molecule has 0 aliphatic heterocycles. The highest BCUT2D eigenvalue weighted by atomic mass is 127. The van der Waals surface area contributed by atoms with Crippen LogP contribution < -0.4 is 10.6 Å². The van der Waals surface area contributed by atoms with Gasteiger partial charge in [-0.05, 0) is 38.5 Å². The van der Waals surface area contributed by atoms with E-state index in [1.807, 2.05) is 13.8 Å². The van der Waals surface area contributed by atoms with Gasteiger partial charge in [-0.25, -0.2) is 18.4 Å². The van der Waals surface area contributed by atoms with E-state index in [2.05, 4.69) is 27.5 Å². The van der Waals surface area contributed by atoms with Crippen molar-refractivity contribution in [3.8, 4) is 0 Å². The van der Waals surface area contributed by atoms with Crippen molar-refractivity contribution in [2.45, 2.75) is 38.8 Å².